The molecule has 0 saturated carbocycles. The van der Waals surface area contributed by atoms with Gasteiger partial charge in [0.15, 0.2) is 0 Å². The smallest absolute Gasteiger partial charge is 0.336 e. The predicted molar refractivity (Wildman–Crippen MR) is 105 cm³/mol. The van der Waals surface area contributed by atoms with Crippen molar-refractivity contribution >= 4 is 51.7 Å². The molecule has 1 saturated heterocycles. The van der Waals surface area contributed by atoms with E-state index < -0.39 is 0 Å². The zero-order chi connectivity index (χ0) is 16.2. The molecule has 1 N–H and O–H groups in total. The lowest BCUT2D eigenvalue weighted by Gasteiger charge is -2.29. The fraction of sp³-hybridized carbons (Fsp3) is 0.375. The molecule has 1 fully saturated rings. The first-order chi connectivity index (χ1) is 11.2. The first kappa shape index (κ1) is 19.1. The summed E-state index contributed by atoms with van der Waals surface area (Å²) in [6.45, 7) is 3.78. The number of piperazine rings is 1. The topological polar surface area (TPSA) is 54.7 Å². The van der Waals surface area contributed by atoms with Crippen LogP contribution in [-0.2, 0) is 5.75 Å². The monoisotopic (exact) mass is 386 g/mol. The van der Waals surface area contributed by atoms with Crippen LogP contribution in [0.2, 0.25) is 0 Å². The standard InChI is InChI=1S/C16H18N2O3S2.ClH/c1-20-12-2-3-13-11(8-15(19)21-14(13)9-12)10-23-16(22)18-6-4-17-5-7-18;/h2-3,8-9,17H,4-7,10H2,1H3;1H. The van der Waals surface area contributed by atoms with Gasteiger partial charge in [-0.25, -0.2) is 4.79 Å². The van der Waals surface area contributed by atoms with Gasteiger partial charge in [-0.1, -0.05) is 24.0 Å². The summed E-state index contributed by atoms with van der Waals surface area (Å²) in [6.07, 6.45) is 0. The molecular formula is C16H19ClN2O3S2. The number of hydrogen-bond acceptors (Lipinski definition) is 6. The van der Waals surface area contributed by atoms with E-state index >= 15 is 0 Å². The molecule has 8 heteroatoms. The number of halogens is 1. The van der Waals surface area contributed by atoms with Gasteiger partial charge in [0, 0.05) is 49.5 Å². The fourth-order valence-electron chi connectivity index (χ4n) is 2.53. The SMILES string of the molecule is COc1ccc2c(CSC(=S)N3CCNCC3)cc(=O)oc2c1.Cl. The third-order valence-corrected chi connectivity index (χ3v) is 5.34. The fourth-order valence-corrected chi connectivity index (χ4v) is 3.78. The number of thiocarbonyl (C=S) groups is 1. The number of benzene rings is 1. The average molecular weight is 387 g/mol. The Morgan fingerprint density at radius 3 is 2.83 bits per heavy atom. The molecule has 0 amide bonds. The zero-order valence-corrected chi connectivity index (χ0v) is 15.7. The third-order valence-electron chi connectivity index (χ3n) is 3.76. The van der Waals surface area contributed by atoms with Crippen LogP contribution in [0.4, 0.5) is 0 Å². The van der Waals surface area contributed by atoms with Gasteiger partial charge in [0.2, 0.25) is 0 Å². The van der Waals surface area contributed by atoms with Crippen LogP contribution in [0.1, 0.15) is 5.56 Å². The van der Waals surface area contributed by atoms with Crippen LogP contribution in [0.5, 0.6) is 5.75 Å². The van der Waals surface area contributed by atoms with E-state index in [0.717, 1.165) is 41.4 Å². The molecular weight excluding hydrogens is 368 g/mol. The molecule has 5 nitrogen and oxygen atoms in total. The van der Waals surface area contributed by atoms with Crippen molar-refractivity contribution < 1.29 is 9.15 Å². The van der Waals surface area contributed by atoms with Crippen LogP contribution in [-0.4, -0.2) is 42.5 Å². The summed E-state index contributed by atoms with van der Waals surface area (Å²) in [5.74, 6) is 1.32. The molecule has 0 bridgehead atoms. The number of thioether (sulfide) groups is 1. The molecule has 0 spiro atoms. The lowest BCUT2D eigenvalue weighted by molar-refractivity contribution is 0.368. The Morgan fingerprint density at radius 2 is 2.12 bits per heavy atom. The quantitative estimate of drug-likeness (QED) is 0.642. The van der Waals surface area contributed by atoms with Crippen molar-refractivity contribution in [3.05, 3.63) is 40.2 Å². The molecule has 0 unspecified atom stereocenters. The molecule has 1 aromatic carbocycles. The Bertz CT molecular complexity index is 775. The minimum absolute atomic E-state index is 0. The highest BCUT2D eigenvalue weighted by Crippen LogP contribution is 2.26. The largest absolute Gasteiger partial charge is 0.497 e. The molecule has 1 aliphatic rings. The Kier molecular flexibility index (Phi) is 6.91. The second-order valence-electron chi connectivity index (χ2n) is 5.24. The summed E-state index contributed by atoms with van der Waals surface area (Å²) >= 11 is 7.10. The van der Waals surface area contributed by atoms with Gasteiger partial charge in [-0.3, -0.25) is 0 Å². The van der Waals surface area contributed by atoms with Gasteiger partial charge in [0.25, 0.3) is 0 Å². The number of nitrogens with one attached hydrogen (secondary N) is 1. The van der Waals surface area contributed by atoms with Gasteiger partial charge < -0.3 is 19.4 Å². The second kappa shape index (κ2) is 8.71. The minimum atomic E-state index is -0.352. The summed E-state index contributed by atoms with van der Waals surface area (Å²) in [5.41, 5.74) is 1.12. The van der Waals surface area contributed by atoms with E-state index in [9.17, 15) is 4.79 Å². The molecule has 0 atom stereocenters. The van der Waals surface area contributed by atoms with Crippen LogP contribution >= 0.6 is 36.4 Å². The number of nitrogens with zero attached hydrogens (tertiary/aromatic N) is 1. The molecule has 0 aliphatic carbocycles. The Labute approximate surface area is 156 Å². The molecule has 2 aromatic rings. The number of methoxy groups -OCH3 is 1. The normalized spacial score (nSPS) is 14.3. The van der Waals surface area contributed by atoms with Crippen LogP contribution in [0.3, 0.4) is 0 Å². The molecule has 3 rings (SSSR count). The van der Waals surface area contributed by atoms with E-state index in [1.54, 1.807) is 31.0 Å². The lowest BCUT2D eigenvalue weighted by atomic mass is 10.1. The van der Waals surface area contributed by atoms with Crippen molar-refractivity contribution in [1.82, 2.24) is 10.2 Å². The van der Waals surface area contributed by atoms with Gasteiger partial charge in [0.1, 0.15) is 15.7 Å². The average Bonchev–Trinajstić information content (AvgIpc) is 2.59. The molecule has 24 heavy (non-hydrogen) atoms. The van der Waals surface area contributed by atoms with Crippen molar-refractivity contribution in [3.8, 4) is 5.75 Å². The van der Waals surface area contributed by atoms with Gasteiger partial charge in [-0.05, 0) is 17.7 Å². The number of rotatable bonds is 3. The first-order valence-electron chi connectivity index (χ1n) is 7.40. The maximum Gasteiger partial charge on any atom is 0.336 e. The number of fused-ring (bicyclic) bond motifs is 1. The highest BCUT2D eigenvalue weighted by atomic mass is 35.5. The first-order valence-corrected chi connectivity index (χ1v) is 8.80. The zero-order valence-electron chi connectivity index (χ0n) is 13.2. The van der Waals surface area contributed by atoms with Crippen molar-refractivity contribution in [3.63, 3.8) is 0 Å². The van der Waals surface area contributed by atoms with Gasteiger partial charge in [-0.15, -0.1) is 12.4 Å². The number of ether oxygens (including phenoxy) is 1. The summed E-state index contributed by atoms with van der Waals surface area (Å²) in [7, 11) is 1.59. The van der Waals surface area contributed by atoms with Crippen LogP contribution in [0.25, 0.3) is 11.0 Å². The van der Waals surface area contributed by atoms with Crippen LogP contribution < -0.4 is 15.7 Å². The Balaban J connectivity index is 0.00000208. The van der Waals surface area contributed by atoms with Gasteiger partial charge >= 0.3 is 5.63 Å². The highest BCUT2D eigenvalue weighted by molar-refractivity contribution is 8.22. The van der Waals surface area contributed by atoms with Crippen molar-refractivity contribution in [2.45, 2.75) is 5.75 Å². The molecule has 1 aliphatic heterocycles. The highest BCUT2D eigenvalue weighted by Gasteiger charge is 2.14. The van der Waals surface area contributed by atoms with Gasteiger partial charge in [-0.2, -0.15) is 0 Å². The third kappa shape index (κ3) is 4.42. The summed E-state index contributed by atoms with van der Waals surface area (Å²) < 4.78 is 11.3. The summed E-state index contributed by atoms with van der Waals surface area (Å²) in [6, 6.07) is 7.06. The van der Waals surface area contributed by atoms with E-state index in [0.29, 0.717) is 17.1 Å². The summed E-state index contributed by atoms with van der Waals surface area (Å²) in [4.78, 5) is 14.0. The molecule has 130 valence electrons. The van der Waals surface area contributed by atoms with Crippen molar-refractivity contribution in [1.29, 1.82) is 0 Å². The van der Waals surface area contributed by atoms with E-state index in [1.807, 2.05) is 12.1 Å². The Morgan fingerprint density at radius 1 is 1.38 bits per heavy atom. The van der Waals surface area contributed by atoms with E-state index in [2.05, 4.69) is 10.2 Å². The summed E-state index contributed by atoms with van der Waals surface area (Å²) in [5, 5.41) is 4.23. The van der Waals surface area contributed by atoms with Gasteiger partial charge in [0.05, 0.1) is 7.11 Å². The van der Waals surface area contributed by atoms with E-state index in [1.165, 1.54) is 0 Å². The van der Waals surface area contributed by atoms with E-state index in [-0.39, 0.29) is 18.0 Å². The molecule has 0 radical (unpaired) electrons. The maximum absolute atomic E-state index is 11.8. The molecule has 2 heterocycles. The van der Waals surface area contributed by atoms with Crippen LogP contribution in [0.15, 0.2) is 33.5 Å². The molecule has 1 aromatic heterocycles. The lowest BCUT2D eigenvalue weighted by Crippen LogP contribution is -2.44. The van der Waals surface area contributed by atoms with Crippen molar-refractivity contribution in [2.75, 3.05) is 33.3 Å². The Hall–Kier alpha value is -1.28. The number of hydrogen-bond donors (Lipinski definition) is 1. The predicted octanol–water partition coefficient (Wildman–Crippen LogP) is 2.65. The van der Waals surface area contributed by atoms with Crippen LogP contribution in [0, 0.1) is 0 Å². The second-order valence-corrected chi connectivity index (χ2v) is 6.85. The minimum Gasteiger partial charge on any atom is -0.497 e. The van der Waals surface area contributed by atoms with E-state index in [4.69, 9.17) is 21.4 Å². The maximum atomic E-state index is 11.8. The van der Waals surface area contributed by atoms with Crippen molar-refractivity contribution in [2.24, 2.45) is 0 Å².